The highest BCUT2D eigenvalue weighted by Gasteiger charge is 2.14. The number of halogens is 2. The van der Waals surface area contributed by atoms with Crippen LogP contribution in [0.25, 0.3) is 0 Å². The van der Waals surface area contributed by atoms with Gasteiger partial charge in [-0.05, 0) is 19.0 Å². The molecule has 0 amide bonds. The molecule has 0 radical (unpaired) electrons. The molecule has 0 saturated heterocycles. The van der Waals surface area contributed by atoms with Gasteiger partial charge in [0.05, 0.1) is 6.10 Å². The van der Waals surface area contributed by atoms with E-state index >= 15 is 0 Å². The van der Waals surface area contributed by atoms with Gasteiger partial charge in [-0.1, -0.05) is 12.1 Å². The van der Waals surface area contributed by atoms with Gasteiger partial charge >= 0.3 is 0 Å². The van der Waals surface area contributed by atoms with Gasteiger partial charge in [0.25, 0.3) is 0 Å². The van der Waals surface area contributed by atoms with Gasteiger partial charge < -0.3 is 10.8 Å². The lowest BCUT2D eigenvalue weighted by molar-refractivity contribution is 0.164. The summed E-state index contributed by atoms with van der Waals surface area (Å²) in [5.74, 6) is -1.95. The van der Waals surface area contributed by atoms with Crippen molar-refractivity contribution in [2.75, 3.05) is 6.54 Å². The molecule has 0 unspecified atom stereocenters. The van der Waals surface area contributed by atoms with Crippen LogP contribution >= 0.6 is 0 Å². The Bertz CT molecular complexity index is 291. The first-order valence-electron chi connectivity index (χ1n) is 3.99. The lowest BCUT2D eigenvalue weighted by Crippen LogP contribution is -2.08. The monoisotopic (exact) mass is 187 g/mol. The molecule has 0 fully saturated rings. The van der Waals surface area contributed by atoms with Crippen LogP contribution in [-0.2, 0) is 0 Å². The summed E-state index contributed by atoms with van der Waals surface area (Å²) in [6, 6.07) is 3.71. The highest BCUT2D eigenvalue weighted by Crippen LogP contribution is 2.20. The van der Waals surface area contributed by atoms with Gasteiger partial charge in [0.15, 0.2) is 11.6 Å². The van der Waals surface area contributed by atoms with Gasteiger partial charge in [0, 0.05) is 5.56 Å². The number of hydrogen-bond donors (Lipinski definition) is 2. The molecule has 2 nitrogen and oxygen atoms in total. The third-order valence-electron chi connectivity index (χ3n) is 1.78. The number of hydrogen-bond acceptors (Lipinski definition) is 2. The van der Waals surface area contributed by atoms with Crippen molar-refractivity contribution in [2.45, 2.75) is 12.5 Å². The topological polar surface area (TPSA) is 46.2 Å². The average molecular weight is 187 g/mol. The molecule has 4 heteroatoms. The summed E-state index contributed by atoms with van der Waals surface area (Å²) in [6.07, 6.45) is -0.805. The van der Waals surface area contributed by atoms with E-state index in [2.05, 4.69) is 0 Å². The molecular formula is C9H11F2NO. The fraction of sp³-hybridized carbons (Fsp3) is 0.333. The molecule has 13 heavy (non-hydrogen) atoms. The highest BCUT2D eigenvalue weighted by molar-refractivity contribution is 5.21. The molecule has 3 N–H and O–H groups in total. The fourth-order valence-corrected chi connectivity index (χ4v) is 1.09. The molecule has 0 bridgehead atoms. The van der Waals surface area contributed by atoms with Crippen LogP contribution in [-0.4, -0.2) is 11.7 Å². The molecule has 0 aliphatic carbocycles. The minimum absolute atomic E-state index is 0.0366. The van der Waals surface area contributed by atoms with Gasteiger partial charge in [0.1, 0.15) is 0 Å². The van der Waals surface area contributed by atoms with Crippen LogP contribution in [0.15, 0.2) is 18.2 Å². The SMILES string of the molecule is NCC[C@H](O)c1cccc(F)c1F. The molecule has 0 aliphatic heterocycles. The smallest absolute Gasteiger partial charge is 0.164 e. The van der Waals surface area contributed by atoms with Crippen molar-refractivity contribution < 1.29 is 13.9 Å². The molecule has 72 valence electrons. The second kappa shape index (κ2) is 4.30. The third-order valence-corrected chi connectivity index (χ3v) is 1.78. The normalized spacial score (nSPS) is 12.9. The maximum absolute atomic E-state index is 13.0. The summed E-state index contributed by atoms with van der Waals surface area (Å²) in [6.45, 7) is 0.233. The molecule has 0 aliphatic rings. The lowest BCUT2D eigenvalue weighted by atomic mass is 10.1. The number of aliphatic hydroxyl groups excluding tert-OH is 1. The first-order chi connectivity index (χ1) is 6.16. The van der Waals surface area contributed by atoms with E-state index in [0.29, 0.717) is 0 Å². The number of benzene rings is 1. The van der Waals surface area contributed by atoms with E-state index in [-0.39, 0.29) is 18.5 Å². The van der Waals surface area contributed by atoms with E-state index < -0.39 is 17.7 Å². The van der Waals surface area contributed by atoms with E-state index in [0.717, 1.165) is 6.07 Å². The van der Waals surface area contributed by atoms with E-state index in [9.17, 15) is 13.9 Å². The van der Waals surface area contributed by atoms with Crippen molar-refractivity contribution in [1.29, 1.82) is 0 Å². The van der Waals surface area contributed by atoms with Crippen LogP contribution in [0.2, 0.25) is 0 Å². The summed E-state index contributed by atoms with van der Waals surface area (Å²) in [5.41, 5.74) is 5.14. The van der Waals surface area contributed by atoms with E-state index in [4.69, 9.17) is 5.73 Å². The molecule has 0 heterocycles. The van der Waals surface area contributed by atoms with Crippen LogP contribution in [0.1, 0.15) is 18.1 Å². The van der Waals surface area contributed by atoms with Crippen molar-refractivity contribution in [3.63, 3.8) is 0 Å². The van der Waals surface area contributed by atoms with Crippen molar-refractivity contribution in [2.24, 2.45) is 5.73 Å². The zero-order valence-corrected chi connectivity index (χ0v) is 7.00. The Hall–Kier alpha value is -1.00. The third kappa shape index (κ3) is 2.23. The van der Waals surface area contributed by atoms with Crippen molar-refractivity contribution in [3.05, 3.63) is 35.4 Å². The standard InChI is InChI=1S/C9H11F2NO/c10-7-3-1-2-6(9(7)11)8(13)4-5-12/h1-3,8,13H,4-5,12H2/t8-/m0/s1. The fourth-order valence-electron chi connectivity index (χ4n) is 1.09. The second-order valence-corrected chi connectivity index (χ2v) is 2.74. The van der Waals surface area contributed by atoms with Crippen LogP contribution in [0.5, 0.6) is 0 Å². The molecule has 1 atom stereocenters. The first-order valence-corrected chi connectivity index (χ1v) is 3.99. The molecular weight excluding hydrogens is 176 g/mol. The van der Waals surface area contributed by atoms with Crippen LogP contribution in [0, 0.1) is 11.6 Å². The summed E-state index contributed by atoms with van der Waals surface area (Å²) in [7, 11) is 0. The largest absolute Gasteiger partial charge is 0.388 e. The maximum Gasteiger partial charge on any atom is 0.164 e. The molecule has 0 aromatic heterocycles. The Labute approximate surface area is 75.0 Å². The summed E-state index contributed by atoms with van der Waals surface area (Å²) < 4.78 is 25.7. The van der Waals surface area contributed by atoms with E-state index in [1.807, 2.05) is 0 Å². The van der Waals surface area contributed by atoms with Crippen LogP contribution < -0.4 is 5.73 Å². The molecule has 1 aromatic carbocycles. The average Bonchev–Trinajstić information content (AvgIpc) is 2.10. The molecule has 0 spiro atoms. The maximum atomic E-state index is 13.0. The quantitative estimate of drug-likeness (QED) is 0.750. The molecule has 1 aromatic rings. The predicted octanol–water partition coefficient (Wildman–Crippen LogP) is 1.35. The summed E-state index contributed by atoms with van der Waals surface area (Å²) >= 11 is 0. The van der Waals surface area contributed by atoms with Crippen molar-refractivity contribution in [3.8, 4) is 0 Å². The van der Waals surface area contributed by atoms with Crippen molar-refractivity contribution in [1.82, 2.24) is 0 Å². The van der Waals surface area contributed by atoms with Gasteiger partial charge in [-0.2, -0.15) is 0 Å². The predicted molar refractivity (Wildman–Crippen MR) is 45.0 cm³/mol. The van der Waals surface area contributed by atoms with Gasteiger partial charge in [-0.15, -0.1) is 0 Å². The zero-order chi connectivity index (χ0) is 9.84. The van der Waals surface area contributed by atoms with Crippen LogP contribution in [0.4, 0.5) is 8.78 Å². The Balaban J connectivity index is 2.93. The van der Waals surface area contributed by atoms with E-state index in [1.54, 1.807) is 0 Å². The van der Waals surface area contributed by atoms with Crippen molar-refractivity contribution >= 4 is 0 Å². The van der Waals surface area contributed by atoms with E-state index in [1.165, 1.54) is 12.1 Å². The Morgan fingerprint density at radius 3 is 2.69 bits per heavy atom. The minimum Gasteiger partial charge on any atom is -0.388 e. The molecule has 0 saturated carbocycles. The number of rotatable bonds is 3. The highest BCUT2D eigenvalue weighted by atomic mass is 19.2. The van der Waals surface area contributed by atoms with Crippen LogP contribution in [0.3, 0.4) is 0 Å². The number of aliphatic hydroxyl groups is 1. The Morgan fingerprint density at radius 1 is 1.38 bits per heavy atom. The lowest BCUT2D eigenvalue weighted by Gasteiger charge is -2.10. The van der Waals surface area contributed by atoms with Gasteiger partial charge in [0.2, 0.25) is 0 Å². The zero-order valence-electron chi connectivity index (χ0n) is 7.00. The first kappa shape index (κ1) is 10.1. The minimum atomic E-state index is -1.03. The second-order valence-electron chi connectivity index (χ2n) is 2.74. The van der Waals surface area contributed by atoms with Gasteiger partial charge in [-0.25, -0.2) is 8.78 Å². The summed E-state index contributed by atoms with van der Waals surface area (Å²) in [5, 5.41) is 9.34. The summed E-state index contributed by atoms with van der Waals surface area (Å²) in [4.78, 5) is 0. The number of nitrogens with two attached hydrogens (primary N) is 1. The van der Waals surface area contributed by atoms with Gasteiger partial charge in [-0.3, -0.25) is 0 Å². The Morgan fingerprint density at radius 2 is 2.08 bits per heavy atom. The Kier molecular flexibility index (Phi) is 3.33. The molecule has 1 rings (SSSR count).